The van der Waals surface area contributed by atoms with Crippen LogP contribution < -0.4 is 10.6 Å². The summed E-state index contributed by atoms with van der Waals surface area (Å²) in [4.78, 5) is 12.7. The standard InChI is InChI=1S/C15H20N2OS/c1-9(2)15(18)17-11-6-4-10-5-7-13(16-3)14(19)12(10)8-11/h4,6,8-9,16,19H,5,7H2,1-3H3,(H,17,18). The summed E-state index contributed by atoms with van der Waals surface area (Å²) in [7, 11) is 1.92. The zero-order valence-corrected chi connectivity index (χ0v) is 12.5. The number of rotatable bonds is 3. The van der Waals surface area contributed by atoms with Gasteiger partial charge in [0.1, 0.15) is 0 Å². The number of anilines is 1. The number of amides is 1. The van der Waals surface area contributed by atoms with Crippen LogP contribution in [0.15, 0.2) is 23.9 Å². The van der Waals surface area contributed by atoms with Crippen LogP contribution in [0.25, 0.3) is 4.91 Å². The molecule has 0 fully saturated rings. The predicted octanol–water partition coefficient (Wildman–Crippen LogP) is 3.05. The lowest BCUT2D eigenvalue weighted by Gasteiger charge is -2.21. The third-order valence-corrected chi connectivity index (χ3v) is 3.90. The molecule has 1 aromatic carbocycles. The SMILES string of the molecule is CNC1=C(S)c2cc(NC(=O)C(C)C)ccc2CC1. The molecule has 1 amide bonds. The fourth-order valence-electron chi connectivity index (χ4n) is 2.16. The molecule has 0 spiro atoms. The van der Waals surface area contributed by atoms with E-state index in [0.717, 1.165) is 34.7 Å². The zero-order chi connectivity index (χ0) is 14.0. The molecule has 102 valence electrons. The number of thiol groups is 1. The molecule has 0 aliphatic heterocycles. The summed E-state index contributed by atoms with van der Waals surface area (Å²) in [6, 6.07) is 6.05. The van der Waals surface area contributed by atoms with E-state index in [1.54, 1.807) is 0 Å². The van der Waals surface area contributed by atoms with Gasteiger partial charge < -0.3 is 10.6 Å². The highest BCUT2D eigenvalue weighted by Crippen LogP contribution is 2.34. The summed E-state index contributed by atoms with van der Waals surface area (Å²) < 4.78 is 0. The van der Waals surface area contributed by atoms with E-state index in [1.807, 2.05) is 33.0 Å². The Morgan fingerprint density at radius 3 is 2.68 bits per heavy atom. The number of nitrogens with one attached hydrogen (secondary N) is 2. The van der Waals surface area contributed by atoms with Gasteiger partial charge in [-0.05, 0) is 36.1 Å². The van der Waals surface area contributed by atoms with Crippen LogP contribution in [0.1, 0.15) is 31.4 Å². The molecular formula is C15H20N2OS. The maximum Gasteiger partial charge on any atom is 0.226 e. The van der Waals surface area contributed by atoms with E-state index in [-0.39, 0.29) is 11.8 Å². The Kier molecular flexibility index (Phi) is 4.20. The van der Waals surface area contributed by atoms with Gasteiger partial charge in [0.05, 0.1) is 0 Å². The summed E-state index contributed by atoms with van der Waals surface area (Å²) in [5, 5.41) is 6.12. The Morgan fingerprint density at radius 2 is 2.05 bits per heavy atom. The van der Waals surface area contributed by atoms with E-state index in [1.165, 1.54) is 5.56 Å². The van der Waals surface area contributed by atoms with Crippen molar-refractivity contribution in [2.45, 2.75) is 26.7 Å². The number of fused-ring (bicyclic) bond motifs is 1. The second-order valence-electron chi connectivity index (χ2n) is 5.09. The molecule has 2 rings (SSSR count). The molecule has 4 heteroatoms. The molecule has 0 bridgehead atoms. The van der Waals surface area contributed by atoms with Crippen molar-refractivity contribution in [1.29, 1.82) is 0 Å². The maximum atomic E-state index is 11.7. The molecule has 0 heterocycles. The molecular weight excluding hydrogens is 256 g/mol. The van der Waals surface area contributed by atoms with E-state index >= 15 is 0 Å². The van der Waals surface area contributed by atoms with E-state index < -0.39 is 0 Å². The monoisotopic (exact) mass is 276 g/mol. The van der Waals surface area contributed by atoms with Crippen molar-refractivity contribution < 1.29 is 4.79 Å². The molecule has 1 aliphatic rings. The Balaban J connectivity index is 2.31. The average molecular weight is 276 g/mol. The minimum Gasteiger partial charge on any atom is -0.391 e. The Hall–Kier alpha value is -1.42. The van der Waals surface area contributed by atoms with Crippen LogP contribution in [0.2, 0.25) is 0 Å². The Bertz CT molecular complexity index is 535. The highest BCUT2D eigenvalue weighted by molar-refractivity contribution is 7.90. The lowest BCUT2D eigenvalue weighted by molar-refractivity contribution is -0.118. The molecule has 19 heavy (non-hydrogen) atoms. The molecule has 0 radical (unpaired) electrons. The van der Waals surface area contributed by atoms with Gasteiger partial charge in [0.2, 0.25) is 5.91 Å². The van der Waals surface area contributed by atoms with Crippen molar-refractivity contribution in [3.05, 3.63) is 35.0 Å². The molecule has 0 atom stereocenters. The number of aryl methyl sites for hydroxylation is 1. The number of carbonyl (C=O) groups excluding carboxylic acids is 1. The van der Waals surface area contributed by atoms with Crippen molar-refractivity contribution in [2.75, 3.05) is 12.4 Å². The van der Waals surface area contributed by atoms with Crippen molar-refractivity contribution in [3.8, 4) is 0 Å². The molecule has 3 nitrogen and oxygen atoms in total. The van der Waals surface area contributed by atoms with Crippen LogP contribution in [-0.4, -0.2) is 13.0 Å². The van der Waals surface area contributed by atoms with Crippen LogP contribution in [0.4, 0.5) is 5.69 Å². The van der Waals surface area contributed by atoms with Gasteiger partial charge in [0.25, 0.3) is 0 Å². The first-order valence-corrected chi connectivity index (χ1v) is 7.01. The minimum absolute atomic E-state index is 0.0186. The van der Waals surface area contributed by atoms with Gasteiger partial charge in [0.15, 0.2) is 0 Å². The Labute approximate surface area is 119 Å². The molecule has 0 saturated carbocycles. The van der Waals surface area contributed by atoms with Crippen LogP contribution in [0.5, 0.6) is 0 Å². The molecule has 0 unspecified atom stereocenters. The first kappa shape index (κ1) is 14.0. The van der Waals surface area contributed by atoms with Gasteiger partial charge in [-0.1, -0.05) is 19.9 Å². The predicted molar refractivity (Wildman–Crippen MR) is 83.2 cm³/mol. The second kappa shape index (κ2) is 5.70. The second-order valence-corrected chi connectivity index (χ2v) is 5.54. The summed E-state index contributed by atoms with van der Waals surface area (Å²) in [6.45, 7) is 3.77. The summed E-state index contributed by atoms with van der Waals surface area (Å²) in [5.41, 5.74) is 4.39. The summed E-state index contributed by atoms with van der Waals surface area (Å²) >= 11 is 4.60. The van der Waals surface area contributed by atoms with Crippen molar-refractivity contribution in [1.82, 2.24) is 5.32 Å². The number of hydrogen-bond donors (Lipinski definition) is 3. The quantitative estimate of drug-likeness (QED) is 0.743. The summed E-state index contributed by atoms with van der Waals surface area (Å²) in [5.74, 6) is 0.0178. The fourth-order valence-corrected chi connectivity index (χ4v) is 2.60. The van der Waals surface area contributed by atoms with E-state index in [4.69, 9.17) is 0 Å². The van der Waals surface area contributed by atoms with E-state index in [0.29, 0.717) is 0 Å². The highest BCUT2D eigenvalue weighted by Gasteiger charge is 2.17. The topological polar surface area (TPSA) is 41.1 Å². The Morgan fingerprint density at radius 1 is 1.32 bits per heavy atom. The normalized spacial score (nSPS) is 14.4. The van der Waals surface area contributed by atoms with E-state index in [2.05, 4.69) is 29.3 Å². The lowest BCUT2D eigenvalue weighted by Crippen LogP contribution is -2.18. The molecule has 1 aromatic rings. The zero-order valence-electron chi connectivity index (χ0n) is 11.6. The van der Waals surface area contributed by atoms with Gasteiger partial charge in [-0.3, -0.25) is 4.79 Å². The molecule has 2 N–H and O–H groups in total. The lowest BCUT2D eigenvalue weighted by atomic mass is 9.94. The molecule has 0 saturated heterocycles. The van der Waals surface area contributed by atoms with Crippen molar-refractivity contribution in [2.24, 2.45) is 5.92 Å². The van der Waals surface area contributed by atoms with Gasteiger partial charge in [-0.25, -0.2) is 0 Å². The number of benzene rings is 1. The maximum absolute atomic E-state index is 11.7. The van der Waals surface area contributed by atoms with Gasteiger partial charge in [-0.15, -0.1) is 12.6 Å². The minimum atomic E-state index is -0.0186. The van der Waals surface area contributed by atoms with Crippen LogP contribution >= 0.6 is 12.6 Å². The smallest absolute Gasteiger partial charge is 0.226 e. The third-order valence-electron chi connectivity index (χ3n) is 3.39. The summed E-state index contributed by atoms with van der Waals surface area (Å²) in [6.07, 6.45) is 1.99. The van der Waals surface area contributed by atoms with E-state index in [9.17, 15) is 4.79 Å². The first-order chi connectivity index (χ1) is 9.02. The number of hydrogen-bond acceptors (Lipinski definition) is 3. The fraction of sp³-hybridized carbons (Fsp3) is 0.400. The van der Waals surface area contributed by atoms with Crippen molar-refractivity contribution >= 4 is 29.1 Å². The molecule has 1 aliphatic carbocycles. The van der Waals surface area contributed by atoms with Gasteiger partial charge >= 0.3 is 0 Å². The average Bonchev–Trinajstić information content (AvgIpc) is 2.39. The van der Waals surface area contributed by atoms with Gasteiger partial charge in [0, 0.05) is 29.3 Å². The van der Waals surface area contributed by atoms with Crippen LogP contribution in [-0.2, 0) is 11.2 Å². The largest absolute Gasteiger partial charge is 0.391 e. The first-order valence-electron chi connectivity index (χ1n) is 6.57. The van der Waals surface area contributed by atoms with Crippen LogP contribution in [0.3, 0.4) is 0 Å². The van der Waals surface area contributed by atoms with Gasteiger partial charge in [-0.2, -0.15) is 0 Å². The highest BCUT2D eigenvalue weighted by atomic mass is 32.1. The van der Waals surface area contributed by atoms with Crippen molar-refractivity contribution in [3.63, 3.8) is 0 Å². The number of allylic oxidation sites excluding steroid dienone is 1. The molecule has 0 aromatic heterocycles. The third kappa shape index (κ3) is 2.95. The van der Waals surface area contributed by atoms with Crippen LogP contribution in [0, 0.1) is 5.92 Å². The number of carbonyl (C=O) groups is 1.